The Labute approximate surface area is 379 Å². The molecule has 0 rings (SSSR count). The van der Waals surface area contributed by atoms with E-state index in [-0.39, 0.29) is 26.4 Å². The van der Waals surface area contributed by atoms with Crippen molar-refractivity contribution in [3.05, 3.63) is 0 Å². The number of hydrogen-bond donors (Lipinski definition) is 4. The van der Waals surface area contributed by atoms with E-state index in [1.54, 1.807) is 0 Å². The molecule has 0 saturated heterocycles. The molecular formula is C42H72F12O12. The number of carbonyl (C=O) groups excluding carboxylic acids is 4. The fourth-order valence-electron chi connectivity index (χ4n) is 4.54. The second-order valence-electron chi connectivity index (χ2n) is 14.9. The summed E-state index contributed by atoms with van der Waals surface area (Å²) in [6.07, 6.45) is -16.9. The quantitative estimate of drug-likeness (QED) is 0.0231. The molecule has 12 nitrogen and oxygen atoms in total. The third-order valence-corrected chi connectivity index (χ3v) is 8.50. The van der Waals surface area contributed by atoms with Crippen molar-refractivity contribution in [1.29, 1.82) is 0 Å². The van der Waals surface area contributed by atoms with E-state index < -0.39 is 98.7 Å². The summed E-state index contributed by atoms with van der Waals surface area (Å²) in [6.45, 7) is 8.61. The maximum absolute atomic E-state index is 11.9. The zero-order valence-corrected chi connectivity index (χ0v) is 38.3. The van der Waals surface area contributed by atoms with Crippen molar-refractivity contribution < 1.29 is 111 Å². The Balaban J connectivity index is -0.000000389. The zero-order valence-electron chi connectivity index (χ0n) is 38.3. The normalized spacial score (nSPS) is 13.5. The Bertz CT molecular complexity index is 1200. The van der Waals surface area contributed by atoms with Gasteiger partial charge in [0.25, 0.3) is 0 Å². The van der Waals surface area contributed by atoms with Gasteiger partial charge in [-0.2, -0.15) is 52.7 Å². The average Bonchev–Trinajstić information content (AvgIpc) is 3.19. The van der Waals surface area contributed by atoms with Crippen molar-refractivity contribution in [3.63, 3.8) is 0 Å². The number of rotatable bonds is 30. The van der Waals surface area contributed by atoms with Crippen LogP contribution in [-0.2, 0) is 38.1 Å². The lowest BCUT2D eigenvalue weighted by Crippen LogP contribution is -2.31. The van der Waals surface area contributed by atoms with Crippen molar-refractivity contribution in [1.82, 2.24) is 0 Å². The topological polar surface area (TPSA) is 186 Å². The van der Waals surface area contributed by atoms with Crippen LogP contribution in [0.2, 0.25) is 0 Å². The minimum absolute atomic E-state index is 0.108. The van der Waals surface area contributed by atoms with E-state index >= 15 is 0 Å². The molecule has 4 N–H and O–H groups in total. The third-order valence-electron chi connectivity index (χ3n) is 8.50. The first-order valence-corrected chi connectivity index (χ1v) is 22.1. The van der Waals surface area contributed by atoms with Crippen LogP contribution < -0.4 is 0 Å². The van der Waals surface area contributed by atoms with Crippen molar-refractivity contribution >= 4 is 23.9 Å². The van der Waals surface area contributed by atoms with Gasteiger partial charge in [-0.1, -0.05) is 118 Å². The number of alkyl halides is 12. The molecule has 66 heavy (non-hydrogen) atoms. The summed E-state index contributed by atoms with van der Waals surface area (Å²) < 4.78 is 161. The first-order valence-electron chi connectivity index (χ1n) is 22.1. The molecule has 0 aliphatic heterocycles. The van der Waals surface area contributed by atoms with Gasteiger partial charge in [-0.3, -0.25) is 19.2 Å². The Morgan fingerprint density at radius 1 is 0.318 bits per heavy atom. The van der Waals surface area contributed by atoms with Crippen molar-refractivity contribution in [3.8, 4) is 0 Å². The molecule has 0 saturated carbocycles. The predicted octanol–water partition coefficient (Wildman–Crippen LogP) is 10.5. The van der Waals surface area contributed by atoms with Gasteiger partial charge in [0, 0.05) is 0 Å². The van der Waals surface area contributed by atoms with Crippen LogP contribution in [0.15, 0.2) is 0 Å². The number of hydrogen-bond acceptors (Lipinski definition) is 12. The van der Waals surface area contributed by atoms with Gasteiger partial charge in [0.1, 0.15) is 0 Å². The maximum atomic E-state index is 11.9. The van der Waals surface area contributed by atoms with Gasteiger partial charge in [-0.15, -0.1) is 0 Å². The molecule has 4 unspecified atom stereocenters. The highest BCUT2D eigenvalue weighted by atomic mass is 19.4. The van der Waals surface area contributed by atoms with Gasteiger partial charge < -0.3 is 39.4 Å². The summed E-state index contributed by atoms with van der Waals surface area (Å²) in [5.41, 5.74) is 0. The fourth-order valence-corrected chi connectivity index (χ4v) is 4.54. The Morgan fingerprint density at radius 2 is 0.470 bits per heavy atom. The van der Waals surface area contributed by atoms with E-state index in [9.17, 15) is 71.9 Å². The first-order chi connectivity index (χ1) is 30.5. The molecule has 0 aromatic rings. The number of carbonyl (C=O) groups is 4. The molecule has 0 fully saturated rings. The van der Waals surface area contributed by atoms with Crippen LogP contribution in [0, 0.1) is 0 Å². The lowest BCUT2D eigenvalue weighted by molar-refractivity contribution is -0.209. The van der Waals surface area contributed by atoms with Crippen LogP contribution in [0.25, 0.3) is 0 Å². The predicted molar refractivity (Wildman–Crippen MR) is 216 cm³/mol. The molecule has 4 atom stereocenters. The van der Waals surface area contributed by atoms with E-state index in [1.807, 2.05) is 13.8 Å². The molecule has 0 spiro atoms. The molecule has 0 aromatic carbocycles. The smallest absolute Gasteiger partial charge is 0.414 e. The van der Waals surface area contributed by atoms with Gasteiger partial charge in [0.05, 0.1) is 52.1 Å². The highest BCUT2D eigenvalue weighted by Gasteiger charge is 2.42. The monoisotopic (exact) mass is 996 g/mol. The Kier molecular flexibility index (Phi) is 43.0. The van der Waals surface area contributed by atoms with E-state index in [2.05, 4.69) is 32.8 Å². The summed E-state index contributed by atoms with van der Waals surface area (Å²) >= 11 is 0. The fraction of sp³-hybridized carbons (Fsp3) is 0.905. The number of esters is 4. The first kappa shape index (κ1) is 69.5. The largest absolute Gasteiger partial charge is 0.466 e. The highest BCUT2D eigenvalue weighted by molar-refractivity contribution is 5.71. The summed E-state index contributed by atoms with van der Waals surface area (Å²) in [5.74, 6) is -4.05. The minimum atomic E-state index is -4.76. The number of aliphatic hydroxyl groups is 4. The van der Waals surface area contributed by atoms with Gasteiger partial charge in [0.15, 0.2) is 24.4 Å². The van der Waals surface area contributed by atoms with E-state index in [0.717, 1.165) is 89.9 Å². The Hall–Kier alpha value is -3.12. The van der Waals surface area contributed by atoms with E-state index in [1.165, 1.54) is 0 Å². The van der Waals surface area contributed by atoms with Crippen molar-refractivity contribution in [2.75, 3.05) is 26.4 Å². The van der Waals surface area contributed by atoms with Gasteiger partial charge in [-0.25, -0.2) is 0 Å². The molecule has 24 heteroatoms. The second kappa shape index (κ2) is 40.9. The summed E-state index contributed by atoms with van der Waals surface area (Å²) in [5, 5.41) is 34.3. The average molecular weight is 997 g/mol. The molecule has 0 bridgehead atoms. The molecule has 0 radical (unpaired) electrons. The van der Waals surface area contributed by atoms with Crippen LogP contribution >= 0.6 is 0 Å². The van der Waals surface area contributed by atoms with Crippen LogP contribution in [-0.4, -0.2) is 120 Å². The number of unbranched alkanes of at least 4 members (excludes halogenated alkanes) is 14. The van der Waals surface area contributed by atoms with Crippen LogP contribution in [0.3, 0.4) is 0 Å². The minimum Gasteiger partial charge on any atom is -0.466 e. The highest BCUT2D eigenvalue weighted by Crippen LogP contribution is 2.25. The van der Waals surface area contributed by atoms with Gasteiger partial charge in [-0.05, 0) is 25.7 Å². The molecule has 0 heterocycles. The second-order valence-corrected chi connectivity index (χ2v) is 14.9. The molecule has 0 amide bonds. The summed E-state index contributed by atoms with van der Waals surface area (Å²) in [6, 6.07) is 0. The molecular weight excluding hydrogens is 924 g/mol. The lowest BCUT2D eigenvalue weighted by Gasteiger charge is -2.13. The third kappa shape index (κ3) is 48.8. The van der Waals surface area contributed by atoms with E-state index in [0.29, 0.717) is 25.7 Å². The van der Waals surface area contributed by atoms with Crippen molar-refractivity contribution in [2.24, 2.45) is 0 Å². The molecule has 0 aromatic heterocycles. The zero-order chi connectivity index (χ0) is 51.8. The van der Waals surface area contributed by atoms with Gasteiger partial charge >= 0.3 is 48.6 Å². The Morgan fingerprint density at radius 3 is 0.667 bits per heavy atom. The standard InChI is InChI=1S/C12H21F3O3.C11H19F3O3.C10H17F3O3.C9H15F3O3/c1-2-3-4-5-6-7-8-18-11(17)9-10(16)12(13,14)15;1-2-3-4-5-6-7-17-10(16)8-9(15)11(12,13)14;1-2-3-4-5-6-16-9(15)7-8(14)10(11,12)13;1-2-3-4-5-15-8(14)6-7(13)9(10,11)12/h10,16H,2-9H2,1H3;9,15H,2-8H2,1H3;8,14H,2-7H2,1H3;7,13H,2-6H2,1H3. The van der Waals surface area contributed by atoms with E-state index in [4.69, 9.17) is 20.4 Å². The number of halogens is 12. The molecule has 396 valence electrons. The number of aliphatic hydroxyl groups excluding tert-OH is 4. The maximum Gasteiger partial charge on any atom is 0.414 e. The van der Waals surface area contributed by atoms with Crippen molar-refractivity contribution in [2.45, 2.75) is 218 Å². The van der Waals surface area contributed by atoms with Crippen LogP contribution in [0.5, 0.6) is 0 Å². The summed E-state index contributed by atoms with van der Waals surface area (Å²) in [7, 11) is 0. The molecule has 0 aliphatic carbocycles. The molecule has 0 aliphatic rings. The summed E-state index contributed by atoms with van der Waals surface area (Å²) in [4.78, 5) is 43.5. The number of ether oxygens (including phenoxy) is 4. The lowest BCUT2D eigenvalue weighted by atomic mass is 10.1. The van der Waals surface area contributed by atoms with Gasteiger partial charge in [0.2, 0.25) is 0 Å². The van der Waals surface area contributed by atoms with Crippen LogP contribution in [0.1, 0.15) is 169 Å². The van der Waals surface area contributed by atoms with Crippen LogP contribution in [0.4, 0.5) is 52.7 Å². The SMILES string of the molecule is CCCCCCCCOC(=O)CC(O)C(F)(F)F.CCCCCCCOC(=O)CC(O)C(F)(F)F.CCCCCCOC(=O)CC(O)C(F)(F)F.CCCCCOC(=O)CC(O)C(F)(F)F.